The molecular formula is C6H8N2O3. The zero-order chi connectivity index (χ0) is 8.43. The van der Waals surface area contributed by atoms with Crippen LogP contribution in [-0.4, -0.2) is 16.9 Å². The van der Waals surface area contributed by atoms with Gasteiger partial charge in [-0.1, -0.05) is 6.08 Å². The lowest BCUT2D eigenvalue weighted by atomic mass is 10.1. The fourth-order valence-electron chi connectivity index (χ4n) is 0.906. The molecule has 5 heteroatoms. The molecule has 0 aromatic carbocycles. The number of allylic oxidation sites excluding steroid dienone is 1. The molecule has 0 bridgehead atoms. The predicted molar refractivity (Wildman–Crippen MR) is 37.3 cm³/mol. The summed E-state index contributed by atoms with van der Waals surface area (Å²) < 4.78 is 0. The SMILES string of the molecule is CC1=CCC([N+](=O)[O-])C(=O)N1. The first kappa shape index (κ1) is 7.71. The highest BCUT2D eigenvalue weighted by Gasteiger charge is 2.31. The fourth-order valence-corrected chi connectivity index (χ4v) is 0.906. The first-order chi connectivity index (χ1) is 5.11. The molecule has 1 N–H and O–H groups in total. The van der Waals surface area contributed by atoms with E-state index in [1.807, 2.05) is 0 Å². The van der Waals surface area contributed by atoms with Gasteiger partial charge in [0.1, 0.15) is 0 Å². The van der Waals surface area contributed by atoms with E-state index in [-0.39, 0.29) is 6.42 Å². The number of nitrogens with zero attached hydrogens (tertiary/aromatic N) is 1. The maximum absolute atomic E-state index is 10.9. The number of hydrogen-bond donors (Lipinski definition) is 1. The molecule has 1 heterocycles. The minimum Gasteiger partial charge on any atom is -0.324 e. The van der Waals surface area contributed by atoms with Crippen LogP contribution in [0.2, 0.25) is 0 Å². The van der Waals surface area contributed by atoms with Crippen LogP contribution in [0.3, 0.4) is 0 Å². The van der Waals surface area contributed by atoms with Crippen molar-refractivity contribution in [2.24, 2.45) is 0 Å². The number of nitro groups is 1. The first-order valence-electron chi connectivity index (χ1n) is 3.22. The summed E-state index contributed by atoms with van der Waals surface area (Å²) in [6, 6.07) is -1.10. The van der Waals surface area contributed by atoms with Crippen LogP contribution in [0.25, 0.3) is 0 Å². The summed E-state index contributed by atoms with van der Waals surface area (Å²) in [6.07, 6.45) is 1.85. The van der Waals surface area contributed by atoms with Crippen molar-refractivity contribution in [1.82, 2.24) is 5.32 Å². The Labute approximate surface area is 63.2 Å². The van der Waals surface area contributed by atoms with Crippen LogP contribution in [0, 0.1) is 10.1 Å². The van der Waals surface area contributed by atoms with Gasteiger partial charge in [0.25, 0.3) is 11.9 Å². The standard InChI is InChI=1S/C6H8N2O3/c1-4-2-3-5(8(10)11)6(9)7-4/h2,5H,3H2,1H3,(H,7,9). The molecule has 5 nitrogen and oxygen atoms in total. The fraction of sp³-hybridized carbons (Fsp3) is 0.500. The number of nitrogens with one attached hydrogen (secondary N) is 1. The van der Waals surface area contributed by atoms with Crippen molar-refractivity contribution in [2.75, 3.05) is 0 Å². The van der Waals surface area contributed by atoms with Gasteiger partial charge in [-0.05, 0) is 6.92 Å². The Hall–Kier alpha value is -1.39. The second-order valence-corrected chi connectivity index (χ2v) is 2.41. The van der Waals surface area contributed by atoms with E-state index in [1.54, 1.807) is 13.0 Å². The van der Waals surface area contributed by atoms with Gasteiger partial charge in [-0.3, -0.25) is 14.9 Å². The van der Waals surface area contributed by atoms with Crippen molar-refractivity contribution < 1.29 is 9.72 Å². The van der Waals surface area contributed by atoms with Gasteiger partial charge in [-0.25, -0.2) is 0 Å². The van der Waals surface area contributed by atoms with Crippen LogP contribution in [0.1, 0.15) is 13.3 Å². The van der Waals surface area contributed by atoms with Crippen LogP contribution in [0.4, 0.5) is 0 Å². The van der Waals surface area contributed by atoms with Crippen LogP contribution in [-0.2, 0) is 4.79 Å². The minimum atomic E-state index is -1.10. The molecule has 0 aliphatic carbocycles. The third-order valence-corrected chi connectivity index (χ3v) is 1.52. The molecule has 0 spiro atoms. The summed E-state index contributed by atoms with van der Waals surface area (Å²) in [4.78, 5) is 20.5. The highest BCUT2D eigenvalue weighted by molar-refractivity contribution is 5.83. The third kappa shape index (κ3) is 1.54. The average molecular weight is 156 g/mol. The quantitative estimate of drug-likeness (QED) is 0.430. The zero-order valence-electron chi connectivity index (χ0n) is 6.03. The molecule has 0 aromatic rings. The van der Waals surface area contributed by atoms with Crippen molar-refractivity contribution in [2.45, 2.75) is 19.4 Å². The lowest BCUT2D eigenvalue weighted by Gasteiger charge is -2.13. The van der Waals surface area contributed by atoms with Crippen molar-refractivity contribution >= 4 is 5.91 Å². The summed E-state index contributed by atoms with van der Waals surface area (Å²) in [5.41, 5.74) is 0.688. The smallest absolute Gasteiger partial charge is 0.299 e. The first-order valence-corrected chi connectivity index (χ1v) is 3.22. The van der Waals surface area contributed by atoms with E-state index in [9.17, 15) is 14.9 Å². The molecule has 0 saturated carbocycles. The van der Waals surface area contributed by atoms with Gasteiger partial charge in [-0.2, -0.15) is 0 Å². The van der Waals surface area contributed by atoms with Crippen LogP contribution >= 0.6 is 0 Å². The van der Waals surface area contributed by atoms with Crippen LogP contribution < -0.4 is 5.32 Å². The Balaban J connectivity index is 2.74. The molecule has 1 atom stereocenters. The van der Waals surface area contributed by atoms with Gasteiger partial charge in [0.2, 0.25) is 0 Å². The molecule has 1 rings (SSSR count). The van der Waals surface area contributed by atoms with Gasteiger partial charge in [-0.15, -0.1) is 0 Å². The summed E-state index contributed by atoms with van der Waals surface area (Å²) >= 11 is 0. The molecule has 60 valence electrons. The maximum Gasteiger partial charge on any atom is 0.299 e. The molecule has 1 unspecified atom stereocenters. The topological polar surface area (TPSA) is 72.2 Å². The summed E-state index contributed by atoms with van der Waals surface area (Å²) in [7, 11) is 0. The average Bonchev–Trinajstić information content (AvgIpc) is 1.85. The lowest BCUT2D eigenvalue weighted by Crippen LogP contribution is -2.41. The molecular weight excluding hydrogens is 148 g/mol. The second-order valence-electron chi connectivity index (χ2n) is 2.41. The predicted octanol–water partition coefficient (Wildman–Crippen LogP) is 0.0554. The Kier molecular flexibility index (Phi) is 1.89. The number of amides is 1. The number of hydrogen-bond acceptors (Lipinski definition) is 3. The Bertz CT molecular complexity index is 234. The van der Waals surface area contributed by atoms with E-state index in [2.05, 4.69) is 5.32 Å². The highest BCUT2D eigenvalue weighted by atomic mass is 16.6. The van der Waals surface area contributed by atoms with E-state index < -0.39 is 16.9 Å². The molecule has 0 fully saturated rings. The summed E-state index contributed by atoms with van der Waals surface area (Å²) in [5.74, 6) is -0.519. The van der Waals surface area contributed by atoms with Gasteiger partial charge in [0.15, 0.2) is 0 Å². The molecule has 11 heavy (non-hydrogen) atoms. The molecule has 1 amide bonds. The highest BCUT2D eigenvalue weighted by Crippen LogP contribution is 2.07. The molecule has 0 radical (unpaired) electrons. The van der Waals surface area contributed by atoms with Crippen molar-refractivity contribution in [3.63, 3.8) is 0 Å². The van der Waals surface area contributed by atoms with Crippen molar-refractivity contribution in [3.8, 4) is 0 Å². The van der Waals surface area contributed by atoms with E-state index in [1.165, 1.54) is 0 Å². The monoisotopic (exact) mass is 156 g/mol. The lowest BCUT2D eigenvalue weighted by molar-refractivity contribution is -0.507. The van der Waals surface area contributed by atoms with E-state index in [0.29, 0.717) is 5.70 Å². The number of rotatable bonds is 1. The normalized spacial score (nSPS) is 23.9. The van der Waals surface area contributed by atoms with E-state index >= 15 is 0 Å². The van der Waals surface area contributed by atoms with Crippen LogP contribution in [0.5, 0.6) is 0 Å². The van der Waals surface area contributed by atoms with E-state index in [4.69, 9.17) is 0 Å². The van der Waals surface area contributed by atoms with E-state index in [0.717, 1.165) is 0 Å². The largest absolute Gasteiger partial charge is 0.324 e. The van der Waals surface area contributed by atoms with Crippen LogP contribution in [0.15, 0.2) is 11.8 Å². The molecule has 0 aromatic heterocycles. The van der Waals surface area contributed by atoms with Gasteiger partial charge >= 0.3 is 0 Å². The summed E-state index contributed by atoms with van der Waals surface area (Å²) in [5, 5.41) is 12.6. The Morgan fingerprint density at radius 1 is 1.82 bits per heavy atom. The minimum absolute atomic E-state index is 0.199. The number of carbonyl (C=O) groups excluding carboxylic acids is 1. The second kappa shape index (κ2) is 2.69. The van der Waals surface area contributed by atoms with Gasteiger partial charge in [0, 0.05) is 17.0 Å². The van der Waals surface area contributed by atoms with Crippen molar-refractivity contribution in [3.05, 3.63) is 21.9 Å². The Morgan fingerprint density at radius 3 is 2.91 bits per heavy atom. The molecule has 0 saturated heterocycles. The number of carbonyl (C=O) groups is 1. The molecule has 1 aliphatic heterocycles. The van der Waals surface area contributed by atoms with Gasteiger partial charge in [0.05, 0.1) is 0 Å². The van der Waals surface area contributed by atoms with Gasteiger partial charge < -0.3 is 5.32 Å². The zero-order valence-corrected chi connectivity index (χ0v) is 6.03. The Morgan fingerprint density at radius 2 is 2.45 bits per heavy atom. The molecule has 1 aliphatic rings. The van der Waals surface area contributed by atoms with Crippen molar-refractivity contribution in [1.29, 1.82) is 0 Å². The maximum atomic E-state index is 10.9. The third-order valence-electron chi connectivity index (χ3n) is 1.52. The summed E-state index contributed by atoms with van der Waals surface area (Å²) in [6.45, 7) is 1.70.